The molecule has 3 rings (SSSR count). The molecule has 0 bridgehead atoms. The summed E-state index contributed by atoms with van der Waals surface area (Å²) in [6.45, 7) is 0.0172. The summed E-state index contributed by atoms with van der Waals surface area (Å²) in [6.07, 6.45) is 1.70. The molecule has 136 valence electrons. The molecule has 0 fully saturated rings. The molecule has 0 aliphatic rings. The number of rotatable bonds is 5. The monoisotopic (exact) mass is 360 g/mol. The number of fused-ring (bicyclic) bond motifs is 1. The molecular formula is C17H17FN4O4. The van der Waals surface area contributed by atoms with Crippen molar-refractivity contribution in [3.8, 4) is 0 Å². The highest BCUT2D eigenvalue weighted by Crippen LogP contribution is 2.08. The first-order chi connectivity index (χ1) is 12.4. The maximum atomic E-state index is 13.5. The summed E-state index contributed by atoms with van der Waals surface area (Å²) < 4.78 is 22.4. The van der Waals surface area contributed by atoms with Crippen LogP contribution in [0.25, 0.3) is 11.2 Å². The first-order valence-corrected chi connectivity index (χ1v) is 7.94. The zero-order valence-electron chi connectivity index (χ0n) is 14.3. The summed E-state index contributed by atoms with van der Waals surface area (Å²) in [5.74, 6) is -1.45. The van der Waals surface area contributed by atoms with E-state index < -0.39 is 23.0 Å². The summed E-state index contributed by atoms with van der Waals surface area (Å²) in [7, 11) is 3.20. The van der Waals surface area contributed by atoms with Crippen LogP contribution < -0.4 is 11.2 Å². The van der Waals surface area contributed by atoms with Gasteiger partial charge in [0.25, 0.3) is 5.56 Å². The zero-order chi connectivity index (χ0) is 18.8. The number of aromatic nitrogens is 4. The van der Waals surface area contributed by atoms with Crippen LogP contribution in [-0.4, -0.2) is 31.3 Å². The summed E-state index contributed by atoms with van der Waals surface area (Å²) >= 11 is 0. The Labute approximate surface area is 147 Å². The molecule has 0 amide bonds. The number of ether oxygens (including phenoxy) is 1. The molecule has 26 heavy (non-hydrogen) atoms. The van der Waals surface area contributed by atoms with Crippen molar-refractivity contribution < 1.29 is 13.9 Å². The Morgan fingerprint density at radius 3 is 2.69 bits per heavy atom. The number of nitrogens with zero attached hydrogens (tertiary/aromatic N) is 4. The van der Waals surface area contributed by atoms with Crippen molar-refractivity contribution in [1.29, 1.82) is 0 Å². The van der Waals surface area contributed by atoms with Crippen LogP contribution in [0.3, 0.4) is 0 Å². The second-order valence-electron chi connectivity index (χ2n) is 5.80. The van der Waals surface area contributed by atoms with E-state index in [1.807, 2.05) is 0 Å². The Morgan fingerprint density at radius 1 is 1.23 bits per heavy atom. The average molecular weight is 360 g/mol. The van der Waals surface area contributed by atoms with Crippen molar-refractivity contribution in [2.45, 2.75) is 13.0 Å². The summed E-state index contributed by atoms with van der Waals surface area (Å²) in [5, 5.41) is 0. The minimum atomic E-state index is -0.787. The van der Waals surface area contributed by atoms with Crippen molar-refractivity contribution in [2.24, 2.45) is 14.1 Å². The van der Waals surface area contributed by atoms with Crippen LogP contribution >= 0.6 is 0 Å². The Bertz CT molecular complexity index is 1100. The van der Waals surface area contributed by atoms with E-state index in [0.29, 0.717) is 11.2 Å². The van der Waals surface area contributed by atoms with Gasteiger partial charge in [-0.15, -0.1) is 0 Å². The average Bonchev–Trinajstić information content (AvgIpc) is 3.01. The quantitative estimate of drug-likeness (QED) is 0.497. The predicted octanol–water partition coefficient (Wildman–Crippen LogP) is 0.820. The number of imidazole rings is 1. The predicted molar refractivity (Wildman–Crippen MR) is 91.5 cm³/mol. The highest BCUT2D eigenvalue weighted by molar-refractivity contribution is 5.89. The molecule has 0 spiro atoms. The van der Waals surface area contributed by atoms with Crippen molar-refractivity contribution in [3.05, 3.63) is 62.8 Å². The third-order valence-corrected chi connectivity index (χ3v) is 4.05. The van der Waals surface area contributed by atoms with Gasteiger partial charge in [-0.2, -0.15) is 0 Å². The normalized spacial score (nSPS) is 11.0. The molecule has 0 unspecified atom stereocenters. The van der Waals surface area contributed by atoms with Gasteiger partial charge in [-0.25, -0.2) is 19.0 Å². The number of aryl methyl sites for hydroxylation is 2. The third kappa shape index (κ3) is 3.03. The minimum Gasteiger partial charge on any atom is -0.462 e. The summed E-state index contributed by atoms with van der Waals surface area (Å²) in [5.41, 5.74) is -0.484. The van der Waals surface area contributed by atoms with Crippen molar-refractivity contribution in [2.75, 3.05) is 6.61 Å². The molecule has 8 nitrogen and oxygen atoms in total. The molecule has 0 N–H and O–H groups in total. The van der Waals surface area contributed by atoms with Gasteiger partial charge in [0.2, 0.25) is 0 Å². The number of halogens is 1. The number of carbonyl (C=O) groups is 1. The fraction of sp³-hybridized carbons (Fsp3) is 0.294. The van der Waals surface area contributed by atoms with Crippen molar-refractivity contribution >= 4 is 17.1 Å². The molecular weight excluding hydrogens is 343 g/mol. The topological polar surface area (TPSA) is 88.1 Å². The summed E-state index contributed by atoms with van der Waals surface area (Å²) in [6, 6.07) is 5.51. The third-order valence-electron chi connectivity index (χ3n) is 4.05. The zero-order valence-corrected chi connectivity index (χ0v) is 14.3. The van der Waals surface area contributed by atoms with Crippen molar-refractivity contribution in [1.82, 2.24) is 18.7 Å². The first-order valence-electron chi connectivity index (χ1n) is 7.94. The number of hydrogen-bond donors (Lipinski definition) is 0. The lowest BCUT2D eigenvalue weighted by Gasteiger charge is -2.09. The largest absolute Gasteiger partial charge is 0.462 e. The highest BCUT2D eigenvalue weighted by Gasteiger charge is 2.15. The molecule has 0 aliphatic heterocycles. The fourth-order valence-corrected chi connectivity index (χ4v) is 2.69. The van der Waals surface area contributed by atoms with Crippen molar-refractivity contribution in [3.63, 3.8) is 0 Å². The first kappa shape index (κ1) is 17.6. The van der Waals surface area contributed by atoms with E-state index in [1.165, 1.54) is 42.2 Å². The van der Waals surface area contributed by atoms with Gasteiger partial charge < -0.3 is 9.30 Å². The second-order valence-corrected chi connectivity index (χ2v) is 5.80. The van der Waals surface area contributed by atoms with E-state index in [1.54, 1.807) is 11.6 Å². The molecule has 9 heteroatoms. The van der Waals surface area contributed by atoms with Crippen LogP contribution in [0.1, 0.15) is 16.8 Å². The van der Waals surface area contributed by atoms with E-state index in [4.69, 9.17) is 4.74 Å². The lowest BCUT2D eigenvalue weighted by Crippen LogP contribution is -2.39. The maximum absolute atomic E-state index is 13.5. The second kappa shape index (κ2) is 6.95. The number of esters is 1. The van der Waals surface area contributed by atoms with Gasteiger partial charge in [0, 0.05) is 20.6 Å². The number of benzene rings is 1. The molecule has 1 aromatic carbocycles. The molecule has 2 aromatic heterocycles. The fourth-order valence-electron chi connectivity index (χ4n) is 2.69. The van der Waals surface area contributed by atoms with Gasteiger partial charge in [0.05, 0.1) is 18.5 Å². The van der Waals surface area contributed by atoms with Crippen LogP contribution in [0.2, 0.25) is 0 Å². The minimum absolute atomic E-state index is 0.0494. The standard InChI is InChI=1S/C17H17FN4O4/c1-20-10-19-14-13(20)15(23)22(17(25)21(14)2)8-5-9-26-16(24)11-6-3-4-7-12(11)18/h3-4,6-7,10H,5,8-9H2,1-2H3. The van der Waals surface area contributed by atoms with Gasteiger partial charge in [-0.05, 0) is 18.6 Å². The number of carbonyl (C=O) groups excluding carboxylic acids is 1. The molecule has 2 heterocycles. The summed E-state index contributed by atoms with van der Waals surface area (Å²) in [4.78, 5) is 40.7. The van der Waals surface area contributed by atoms with Gasteiger partial charge in [0.1, 0.15) is 5.82 Å². The lowest BCUT2D eigenvalue weighted by atomic mass is 10.2. The Morgan fingerprint density at radius 2 is 1.96 bits per heavy atom. The maximum Gasteiger partial charge on any atom is 0.341 e. The van der Waals surface area contributed by atoms with E-state index in [2.05, 4.69) is 4.98 Å². The molecule has 0 aliphatic carbocycles. The van der Waals surface area contributed by atoms with Crippen LogP contribution in [0, 0.1) is 5.82 Å². The van der Waals surface area contributed by atoms with Crippen LogP contribution in [0.5, 0.6) is 0 Å². The molecule has 0 saturated carbocycles. The van der Waals surface area contributed by atoms with E-state index >= 15 is 0 Å². The Kier molecular flexibility index (Phi) is 4.70. The molecule has 3 aromatic rings. The van der Waals surface area contributed by atoms with Gasteiger partial charge in [0.15, 0.2) is 11.2 Å². The smallest absolute Gasteiger partial charge is 0.341 e. The lowest BCUT2D eigenvalue weighted by molar-refractivity contribution is 0.0490. The number of hydrogen-bond acceptors (Lipinski definition) is 5. The van der Waals surface area contributed by atoms with Crippen LogP contribution in [-0.2, 0) is 25.4 Å². The Hall–Kier alpha value is -3.23. The Balaban J connectivity index is 1.72. The SMILES string of the molecule is Cn1cnc2c1c(=O)n(CCCOC(=O)c1ccccc1F)c(=O)n2C. The van der Waals surface area contributed by atoms with Crippen LogP contribution in [0.4, 0.5) is 4.39 Å². The molecule has 0 saturated heterocycles. The molecule has 0 radical (unpaired) electrons. The molecule has 0 atom stereocenters. The van der Waals surface area contributed by atoms with Gasteiger partial charge in [-0.1, -0.05) is 12.1 Å². The van der Waals surface area contributed by atoms with E-state index in [0.717, 1.165) is 4.57 Å². The van der Waals surface area contributed by atoms with Gasteiger partial charge >= 0.3 is 11.7 Å². The van der Waals surface area contributed by atoms with Crippen LogP contribution in [0.15, 0.2) is 40.2 Å². The van der Waals surface area contributed by atoms with E-state index in [9.17, 15) is 18.8 Å². The van der Waals surface area contributed by atoms with E-state index in [-0.39, 0.29) is 25.1 Å². The highest BCUT2D eigenvalue weighted by atomic mass is 19.1. The van der Waals surface area contributed by atoms with Gasteiger partial charge in [-0.3, -0.25) is 13.9 Å².